The summed E-state index contributed by atoms with van der Waals surface area (Å²) in [4.78, 5) is 26.8. The van der Waals surface area contributed by atoms with E-state index in [1.165, 1.54) is 0 Å². The van der Waals surface area contributed by atoms with Crippen LogP contribution in [-0.2, 0) is 9.59 Å². The second-order valence-corrected chi connectivity index (χ2v) is 11.2. The molecule has 0 bridgehead atoms. The molecule has 1 N–H and O–H groups in total. The van der Waals surface area contributed by atoms with Crippen molar-refractivity contribution in [1.29, 1.82) is 0 Å². The second-order valence-electron chi connectivity index (χ2n) is 11.2. The van der Waals surface area contributed by atoms with Crippen molar-refractivity contribution in [2.75, 3.05) is 40.6 Å². The van der Waals surface area contributed by atoms with Gasteiger partial charge in [0, 0.05) is 31.6 Å². The molecule has 8 heteroatoms. The Morgan fingerprint density at radius 3 is 2.15 bits per heavy atom. The Hall–Kier alpha value is -3.26. The number of carboxylic acid groups (broad SMARTS) is 1. The van der Waals surface area contributed by atoms with Crippen LogP contribution in [0.3, 0.4) is 0 Å². The third kappa shape index (κ3) is 8.12. The molecule has 3 unspecified atom stereocenters. The van der Waals surface area contributed by atoms with E-state index in [9.17, 15) is 14.7 Å². The van der Waals surface area contributed by atoms with Crippen molar-refractivity contribution in [3.63, 3.8) is 0 Å². The summed E-state index contributed by atoms with van der Waals surface area (Å²) in [6.45, 7) is 11.4. The smallest absolute Gasteiger partial charge is 0.309 e. The zero-order valence-electron chi connectivity index (χ0n) is 24.1. The van der Waals surface area contributed by atoms with Gasteiger partial charge in [0.15, 0.2) is 11.5 Å². The van der Waals surface area contributed by atoms with E-state index in [1.807, 2.05) is 54.4 Å². The Morgan fingerprint density at radius 2 is 1.62 bits per heavy atom. The molecule has 1 fully saturated rings. The van der Waals surface area contributed by atoms with Crippen LogP contribution in [0.15, 0.2) is 42.5 Å². The molecule has 2 aliphatic rings. The number of nitrogens with zero attached hydrogens (tertiary/aromatic N) is 2. The molecular weight excluding hydrogens is 496 g/mol. The van der Waals surface area contributed by atoms with Crippen molar-refractivity contribution in [3.05, 3.63) is 53.6 Å². The topological polar surface area (TPSA) is 88.5 Å². The maximum atomic E-state index is 12.2. The number of rotatable bonds is 11. The summed E-state index contributed by atoms with van der Waals surface area (Å²) in [6.07, 6.45) is 3.19. The van der Waals surface area contributed by atoms with Crippen LogP contribution in [0.2, 0.25) is 0 Å². The van der Waals surface area contributed by atoms with E-state index in [2.05, 4.69) is 32.6 Å². The fourth-order valence-corrected chi connectivity index (χ4v) is 5.12. The van der Waals surface area contributed by atoms with Crippen molar-refractivity contribution in [1.82, 2.24) is 9.80 Å². The summed E-state index contributed by atoms with van der Waals surface area (Å²) in [5.41, 5.74) is 1.94. The summed E-state index contributed by atoms with van der Waals surface area (Å²) >= 11 is 0. The molecule has 2 aromatic rings. The second kappa shape index (κ2) is 14.2. The summed E-state index contributed by atoms with van der Waals surface area (Å²) in [6, 6.07) is 13.1. The lowest BCUT2D eigenvalue weighted by Gasteiger charge is -2.24. The molecule has 1 amide bonds. The number of hydrogen-bond donors (Lipinski definition) is 1. The molecule has 1 saturated heterocycles. The number of fused-ring (bicyclic) bond motifs is 1. The number of hydrogen-bond acceptors (Lipinski definition) is 6. The van der Waals surface area contributed by atoms with Crippen LogP contribution in [0, 0.1) is 17.8 Å². The summed E-state index contributed by atoms with van der Waals surface area (Å²) in [7, 11) is 3.59. The summed E-state index contributed by atoms with van der Waals surface area (Å²) < 4.78 is 16.0. The fourth-order valence-electron chi connectivity index (χ4n) is 5.12. The van der Waals surface area contributed by atoms with Crippen molar-refractivity contribution in [3.8, 4) is 17.2 Å². The molecular formula is C31H44N2O6. The van der Waals surface area contributed by atoms with Gasteiger partial charge in [-0.3, -0.25) is 14.5 Å². The Labute approximate surface area is 232 Å². The number of aliphatic carboxylic acids is 1. The number of ether oxygens (including phenoxy) is 3. The molecule has 2 aromatic carbocycles. The van der Waals surface area contributed by atoms with Crippen LogP contribution in [0.5, 0.6) is 17.2 Å². The highest BCUT2D eigenvalue weighted by Crippen LogP contribution is 2.47. The minimum Gasteiger partial charge on any atom is -0.497 e. The first-order chi connectivity index (χ1) is 18.6. The van der Waals surface area contributed by atoms with Crippen LogP contribution in [-0.4, -0.2) is 67.9 Å². The molecule has 214 valence electrons. The molecule has 2 heterocycles. The predicted octanol–water partition coefficient (Wildman–Crippen LogP) is 5.43. The Kier molecular flexibility index (Phi) is 11.0. The summed E-state index contributed by atoms with van der Waals surface area (Å²) in [5.74, 6) is 2.04. The lowest BCUT2D eigenvalue weighted by atomic mass is 9.83. The highest BCUT2D eigenvalue weighted by Gasteiger charge is 2.46. The molecule has 2 aliphatic heterocycles. The number of likely N-dealkylation sites (N-methyl/N-ethyl adjacent to an activating group) is 1. The minimum absolute atomic E-state index is 0.126. The van der Waals surface area contributed by atoms with Gasteiger partial charge in [-0.15, -0.1) is 0 Å². The number of carboxylic acids is 1. The molecule has 3 atom stereocenters. The molecule has 8 nitrogen and oxygen atoms in total. The van der Waals surface area contributed by atoms with Crippen molar-refractivity contribution in [2.45, 2.75) is 52.5 Å². The van der Waals surface area contributed by atoms with Gasteiger partial charge in [0.25, 0.3) is 0 Å². The standard InChI is InChI=1S/C20H21NO5.C11H23NO/c1-21-10-15(13-5-8-16-17(9-13)26-11-25-16)18(20(22)23)19(21)12-3-6-14(24-2)7-4-12;1-10(2)5-7-12(9-13)8-6-11(3)4/h3-9,15,18-19H,10-11H2,1-2H3,(H,22,23);9-11H,5-8H2,1-4H3. The first-order valence-electron chi connectivity index (χ1n) is 13.8. The molecule has 0 spiro atoms. The third-order valence-corrected chi connectivity index (χ3v) is 7.44. The number of methoxy groups -OCH3 is 1. The summed E-state index contributed by atoms with van der Waals surface area (Å²) in [5, 5.41) is 9.98. The van der Waals surface area contributed by atoms with Crippen LogP contribution < -0.4 is 14.2 Å². The van der Waals surface area contributed by atoms with Gasteiger partial charge in [-0.1, -0.05) is 45.9 Å². The van der Waals surface area contributed by atoms with Crippen LogP contribution in [0.25, 0.3) is 0 Å². The fraction of sp³-hybridized carbons (Fsp3) is 0.548. The molecule has 0 saturated carbocycles. The van der Waals surface area contributed by atoms with Gasteiger partial charge in [0.1, 0.15) is 5.75 Å². The van der Waals surface area contributed by atoms with Crippen molar-refractivity contribution in [2.24, 2.45) is 17.8 Å². The zero-order chi connectivity index (χ0) is 28.5. The highest BCUT2D eigenvalue weighted by molar-refractivity contribution is 5.74. The van der Waals surface area contributed by atoms with E-state index in [4.69, 9.17) is 14.2 Å². The number of benzene rings is 2. The van der Waals surface area contributed by atoms with E-state index >= 15 is 0 Å². The SMILES string of the molecule is CC(C)CCN(C=O)CCC(C)C.COc1ccc(C2C(C(=O)O)C(c3ccc4c(c3)OCO4)CN2C)cc1. The van der Waals surface area contributed by atoms with Crippen molar-refractivity contribution < 1.29 is 28.9 Å². The molecule has 0 radical (unpaired) electrons. The normalized spacial score (nSPS) is 20.1. The first-order valence-corrected chi connectivity index (χ1v) is 13.8. The van der Waals surface area contributed by atoms with Crippen LogP contribution >= 0.6 is 0 Å². The van der Waals surface area contributed by atoms with Gasteiger partial charge in [0.2, 0.25) is 13.2 Å². The van der Waals surface area contributed by atoms with Gasteiger partial charge in [-0.2, -0.15) is 0 Å². The average Bonchev–Trinajstić information content (AvgIpc) is 3.52. The molecule has 0 aromatic heterocycles. The minimum atomic E-state index is -0.794. The average molecular weight is 541 g/mol. The highest BCUT2D eigenvalue weighted by atomic mass is 16.7. The van der Waals surface area contributed by atoms with E-state index in [-0.39, 0.29) is 18.8 Å². The number of likely N-dealkylation sites (tertiary alicyclic amines) is 1. The monoisotopic (exact) mass is 540 g/mol. The lowest BCUT2D eigenvalue weighted by molar-refractivity contribution is -0.143. The maximum Gasteiger partial charge on any atom is 0.309 e. The molecule has 0 aliphatic carbocycles. The lowest BCUT2D eigenvalue weighted by Crippen LogP contribution is -2.26. The largest absolute Gasteiger partial charge is 0.497 e. The predicted molar refractivity (Wildman–Crippen MR) is 151 cm³/mol. The maximum absolute atomic E-state index is 12.2. The van der Waals surface area contributed by atoms with Crippen LogP contribution in [0.4, 0.5) is 0 Å². The Morgan fingerprint density at radius 1 is 1.03 bits per heavy atom. The van der Waals surface area contributed by atoms with E-state index in [1.54, 1.807) is 7.11 Å². The Bertz CT molecular complexity index is 1060. The van der Waals surface area contributed by atoms with Gasteiger partial charge in [-0.25, -0.2) is 0 Å². The van der Waals surface area contributed by atoms with Gasteiger partial charge >= 0.3 is 5.97 Å². The molecule has 4 rings (SSSR count). The Balaban J connectivity index is 0.000000276. The number of carbonyl (C=O) groups excluding carboxylic acids is 1. The third-order valence-electron chi connectivity index (χ3n) is 7.44. The first kappa shape index (κ1) is 30.3. The zero-order valence-corrected chi connectivity index (χ0v) is 24.1. The van der Waals surface area contributed by atoms with E-state index < -0.39 is 11.9 Å². The van der Waals surface area contributed by atoms with Gasteiger partial charge in [0.05, 0.1) is 13.0 Å². The van der Waals surface area contributed by atoms with E-state index in [0.717, 1.165) is 49.2 Å². The number of amides is 1. The quantitative estimate of drug-likeness (QED) is 0.380. The van der Waals surface area contributed by atoms with Gasteiger partial charge < -0.3 is 24.2 Å². The van der Waals surface area contributed by atoms with E-state index in [0.29, 0.717) is 29.9 Å². The van der Waals surface area contributed by atoms with Crippen molar-refractivity contribution >= 4 is 12.4 Å². The van der Waals surface area contributed by atoms with Gasteiger partial charge in [-0.05, 0) is 67.1 Å². The molecule has 39 heavy (non-hydrogen) atoms. The van der Waals surface area contributed by atoms with Crippen LogP contribution in [0.1, 0.15) is 63.6 Å². The number of carbonyl (C=O) groups is 2.